The molecule has 1 atom stereocenters. The summed E-state index contributed by atoms with van der Waals surface area (Å²) in [5.41, 5.74) is 6.93. The van der Waals surface area contributed by atoms with Gasteiger partial charge in [0, 0.05) is 22.2 Å². The van der Waals surface area contributed by atoms with Crippen LogP contribution in [-0.4, -0.2) is 16.7 Å². The van der Waals surface area contributed by atoms with Crippen molar-refractivity contribution in [2.45, 2.75) is 12.8 Å². The van der Waals surface area contributed by atoms with Crippen LogP contribution in [0.25, 0.3) is 0 Å². The molecule has 0 radical (unpaired) electrons. The van der Waals surface area contributed by atoms with E-state index in [0.29, 0.717) is 11.1 Å². The summed E-state index contributed by atoms with van der Waals surface area (Å²) in [7, 11) is 0. The third kappa shape index (κ3) is 4.39. The number of nitrogens with two attached hydrogens (primary N) is 1. The van der Waals surface area contributed by atoms with Gasteiger partial charge in [0.2, 0.25) is 0 Å². The topological polar surface area (TPSA) is 108 Å². The zero-order valence-electron chi connectivity index (χ0n) is 12.7. The number of nitro benzene ring substituents is 1. The molecule has 0 fully saturated rings. The van der Waals surface area contributed by atoms with Crippen LogP contribution < -0.4 is 5.73 Å². The summed E-state index contributed by atoms with van der Waals surface area (Å²) in [6.45, 7) is 1.62. The summed E-state index contributed by atoms with van der Waals surface area (Å²) in [6.07, 6.45) is 0. The summed E-state index contributed by atoms with van der Waals surface area (Å²) < 4.78 is 0.892. The van der Waals surface area contributed by atoms with E-state index in [1.807, 2.05) is 0 Å². The highest BCUT2D eigenvalue weighted by Crippen LogP contribution is 2.20. The average molecular weight is 392 g/mol. The molecule has 2 aromatic carbocycles. The molecule has 2 rings (SSSR count). The Morgan fingerprint density at radius 3 is 2.33 bits per heavy atom. The van der Waals surface area contributed by atoms with Crippen LogP contribution in [0.2, 0.25) is 0 Å². The van der Waals surface area contributed by atoms with Gasteiger partial charge in [-0.15, -0.1) is 0 Å². The van der Waals surface area contributed by atoms with E-state index < -0.39 is 16.8 Å². The van der Waals surface area contributed by atoms with Gasteiger partial charge in [-0.1, -0.05) is 45.4 Å². The Morgan fingerprint density at radius 1 is 1.21 bits per heavy atom. The molecule has 0 aromatic heterocycles. The highest BCUT2D eigenvalue weighted by Gasteiger charge is 2.18. The minimum atomic E-state index is -0.632. The highest BCUT2D eigenvalue weighted by molar-refractivity contribution is 9.10. The molecular formula is C16H14BrN3O4. The van der Waals surface area contributed by atoms with Gasteiger partial charge in [-0.3, -0.25) is 10.1 Å². The number of nitrogens with zero attached hydrogens (tertiary/aromatic N) is 2. The molecule has 0 aliphatic heterocycles. The van der Waals surface area contributed by atoms with Gasteiger partial charge in [-0.05, 0) is 24.6 Å². The molecule has 7 nitrogen and oxygen atoms in total. The van der Waals surface area contributed by atoms with Crippen LogP contribution in [0.15, 0.2) is 58.2 Å². The van der Waals surface area contributed by atoms with Crippen LogP contribution >= 0.6 is 15.9 Å². The SMILES string of the molecule is C[C@H](C(=O)O/N=C(/N)c1ccc(Br)cc1)c1ccc([N+](=O)[O-])cc1. The smallest absolute Gasteiger partial charge is 0.342 e. The van der Waals surface area contributed by atoms with Gasteiger partial charge in [0.1, 0.15) is 0 Å². The zero-order chi connectivity index (χ0) is 17.7. The van der Waals surface area contributed by atoms with Gasteiger partial charge in [0.15, 0.2) is 5.84 Å². The lowest BCUT2D eigenvalue weighted by Crippen LogP contribution is -2.17. The van der Waals surface area contributed by atoms with Gasteiger partial charge in [-0.25, -0.2) is 4.79 Å². The Balaban J connectivity index is 2.04. The largest absolute Gasteiger partial charge is 0.380 e. The lowest BCUT2D eigenvalue weighted by molar-refractivity contribution is -0.384. The molecule has 2 aromatic rings. The molecule has 0 bridgehead atoms. The van der Waals surface area contributed by atoms with Crippen molar-refractivity contribution in [2.75, 3.05) is 0 Å². The first-order valence-electron chi connectivity index (χ1n) is 6.93. The molecule has 0 spiro atoms. The van der Waals surface area contributed by atoms with Crippen LogP contribution in [0.3, 0.4) is 0 Å². The highest BCUT2D eigenvalue weighted by atomic mass is 79.9. The first kappa shape index (κ1) is 17.6. The first-order valence-corrected chi connectivity index (χ1v) is 7.72. The van der Waals surface area contributed by atoms with E-state index >= 15 is 0 Å². The number of carbonyl (C=O) groups is 1. The van der Waals surface area contributed by atoms with E-state index in [4.69, 9.17) is 10.6 Å². The van der Waals surface area contributed by atoms with E-state index in [0.717, 1.165) is 4.47 Å². The van der Waals surface area contributed by atoms with E-state index in [1.165, 1.54) is 24.3 Å². The normalized spacial score (nSPS) is 12.5. The van der Waals surface area contributed by atoms with Gasteiger partial charge < -0.3 is 10.6 Å². The first-order chi connectivity index (χ1) is 11.4. The van der Waals surface area contributed by atoms with Gasteiger partial charge in [-0.2, -0.15) is 0 Å². The summed E-state index contributed by atoms with van der Waals surface area (Å²) in [4.78, 5) is 27.0. The van der Waals surface area contributed by atoms with Gasteiger partial charge >= 0.3 is 5.97 Å². The molecule has 0 aliphatic rings. The Morgan fingerprint density at radius 2 is 1.79 bits per heavy atom. The third-order valence-corrected chi connectivity index (χ3v) is 3.86. The number of carbonyl (C=O) groups excluding carboxylic acids is 1. The minimum absolute atomic E-state index is 0.0446. The number of hydrogen-bond acceptors (Lipinski definition) is 5. The van der Waals surface area contributed by atoms with Crippen LogP contribution in [0.5, 0.6) is 0 Å². The van der Waals surface area contributed by atoms with Crippen molar-refractivity contribution in [2.24, 2.45) is 10.9 Å². The Kier molecular flexibility index (Phi) is 5.64. The number of benzene rings is 2. The molecule has 8 heteroatoms. The third-order valence-electron chi connectivity index (χ3n) is 3.33. The standard InChI is InChI=1S/C16H14BrN3O4/c1-10(11-4-8-14(9-5-11)20(22)23)16(21)24-19-15(18)12-2-6-13(17)7-3-12/h2-10H,1H3,(H2,18,19)/t10-/m0/s1. The zero-order valence-corrected chi connectivity index (χ0v) is 14.3. The van der Waals surface area contributed by atoms with Crippen molar-refractivity contribution in [3.63, 3.8) is 0 Å². The van der Waals surface area contributed by atoms with Crippen molar-refractivity contribution >= 4 is 33.4 Å². The number of rotatable bonds is 5. The molecule has 0 heterocycles. The Hall–Kier alpha value is -2.74. The number of non-ortho nitro benzene ring substituents is 1. The maximum Gasteiger partial charge on any atom is 0.342 e. The van der Waals surface area contributed by atoms with E-state index in [9.17, 15) is 14.9 Å². The predicted octanol–water partition coefficient (Wildman–Crippen LogP) is 3.32. The number of oxime groups is 1. The monoisotopic (exact) mass is 391 g/mol. The van der Waals surface area contributed by atoms with E-state index in [1.54, 1.807) is 31.2 Å². The maximum absolute atomic E-state index is 12.0. The molecule has 0 saturated heterocycles. The summed E-state index contributed by atoms with van der Waals surface area (Å²) in [6, 6.07) is 12.7. The average Bonchev–Trinajstić information content (AvgIpc) is 2.59. The van der Waals surface area contributed by atoms with E-state index in [2.05, 4.69) is 21.1 Å². The fourth-order valence-electron chi connectivity index (χ4n) is 1.87. The molecule has 0 aliphatic carbocycles. The molecule has 0 saturated carbocycles. The summed E-state index contributed by atoms with van der Waals surface area (Å²) in [5.74, 6) is -1.16. The predicted molar refractivity (Wildman–Crippen MR) is 92.5 cm³/mol. The van der Waals surface area contributed by atoms with Crippen molar-refractivity contribution in [1.82, 2.24) is 0 Å². The molecule has 0 amide bonds. The van der Waals surface area contributed by atoms with Crippen molar-refractivity contribution < 1.29 is 14.6 Å². The minimum Gasteiger partial charge on any atom is -0.380 e. The molecule has 2 N–H and O–H groups in total. The Bertz CT molecular complexity index is 773. The quantitative estimate of drug-likeness (QED) is 0.276. The molecule has 0 unspecified atom stereocenters. The van der Waals surface area contributed by atoms with Crippen molar-refractivity contribution in [3.8, 4) is 0 Å². The van der Waals surface area contributed by atoms with Crippen LogP contribution in [0.4, 0.5) is 5.69 Å². The number of nitro groups is 1. The fraction of sp³-hybridized carbons (Fsp3) is 0.125. The van der Waals surface area contributed by atoms with Crippen molar-refractivity contribution in [1.29, 1.82) is 0 Å². The second-order valence-electron chi connectivity index (χ2n) is 4.96. The second-order valence-corrected chi connectivity index (χ2v) is 5.88. The summed E-state index contributed by atoms with van der Waals surface area (Å²) in [5, 5.41) is 14.3. The number of halogens is 1. The van der Waals surface area contributed by atoms with Crippen LogP contribution in [0, 0.1) is 10.1 Å². The number of amidine groups is 1. The lowest BCUT2D eigenvalue weighted by atomic mass is 10.0. The summed E-state index contributed by atoms with van der Waals surface area (Å²) >= 11 is 3.31. The number of hydrogen-bond donors (Lipinski definition) is 1. The van der Waals surface area contributed by atoms with Gasteiger partial charge in [0.25, 0.3) is 5.69 Å². The second kappa shape index (κ2) is 7.69. The maximum atomic E-state index is 12.0. The van der Waals surface area contributed by atoms with Crippen LogP contribution in [0.1, 0.15) is 24.0 Å². The lowest BCUT2D eigenvalue weighted by Gasteiger charge is -2.08. The van der Waals surface area contributed by atoms with Crippen LogP contribution in [-0.2, 0) is 9.63 Å². The molecule has 124 valence electrons. The van der Waals surface area contributed by atoms with E-state index in [-0.39, 0.29) is 11.5 Å². The molecule has 24 heavy (non-hydrogen) atoms. The fourth-order valence-corrected chi connectivity index (χ4v) is 2.13. The Labute approximate surface area is 146 Å². The van der Waals surface area contributed by atoms with Gasteiger partial charge in [0.05, 0.1) is 10.8 Å². The van der Waals surface area contributed by atoms with Crippen molar-refractivity contribution in [3.05, 3.63) is 74.2 Å². The molecular weight excluding hydrogens is 378 g/mol.